The van der Waals surface area contributed by atoms with Gasteiger partial charge in [0.15, 0.2) is 0 Å². The van der Waals surface area contributed by atoms with Gasteiger partial charge in [0.05, 0.1) is 16.9 Å². The van der Waals surface area contributed by atoms with Crippen molar-refractivity contribution in [1.29, 1.82) is 0 Å². The molecule has 2 aromatic carbocycles. The Labute approximate surface area is 210 Å². The molecule has 0 spiro atoms. The summed E-state index contributed by atoms with van der Waals surface area (Å²) >= 11 is 0. The van der Waals surface area contributed by atoms with Gasteiger partial charge in [0.2, 0.25) is 5.91 Å². The van der Waals surface area contributed by atoms with Gasteiger partial charge in [-0.25, -0.2) is 8.78 Å². The van der Waals surface area contributed by atoms with Crippen molar-refractivity contribution in [2.24, 2.45) is 5.92 Å². The zero-order valence-electron chi connectivity index (χ0n) is 20.6. The fourth-order valence-corrected chi connectivity index (χ4v) is 5.53. The van der Waals surface area contributed by atoms with Gasteiger partial charge in [-0.1, -0.05) is 49.6 Å². The van der Waals surface area contributed by atoms with Gasteiger partial charge in [0, 0.05) is 43.9 Å². The van der Waals surface area contributed by atoms with Crippen LogP contribution in [0.25, 0.3) is 16.9 Å². The average Bonchev–Trinajstić information content (AvgIpc) is 3.25. The van der Waals surface area contributed by atoms with Gasteiger partial charge < -0.3 is 14.4 Å². The third kappa shape index (κ3) is 4.66. The third-order valence-electron chi connectivity index (χ3n) is 7.53. The number of nitrogens with zero attached hydrogens (tertiary/aromatic N) is 3. The van der Waals surface area contributed by atoms with Crippen molar-refractivity contribution in [2.45, 2.75) is 39.0 Å². The Bertz CT molecular complexity index is 1260. The van der Waals surface area contributed by atoms with Crippen molar-refractivity contribution in [3.63, 3.8) is 0 Å². The minimum Gasteiger partial charge on any atom is -0.339 e. The first-order valence-corrected chi connectivity index (χ1v) is 12.8. The van der Waals surface area contributed by atoms with Gasteiger partial charge in [0.1, 0.15) is 11.6 Å². The molecule has 5 rings (SSSR count). The summed E-state index contributed by atoms with van der Waals surface area (Å²) < 4.78 is 30.2. The zero-order valence-corrected chi connectivity index (χ0v) is 20.6. The van der Waals surface area contributed by atoms with Crippen molar-refractivity contribution >= 4 is 11.8 Å². The molecule has 0 unspecified atom stereocenters. The van der Waals surface area contributed by atoms with Gasteiger partial charge >= 0.3 is 0 Å². The maximum atomic E-state index is 14.9. The molecule has 1 aliphatic carbocycles. The maximum Gasteiger partial charge on any atom is 0.255 e. The fraction of sp³-hybridized carbons (Fsp3) is 0.379. The number of carbonyl (C=O) groups is 2. The Morgan fingerprint density at radius 1 is 0.833 bits per heavy atom. The summed E-state index contributed by atoms with van der Waals surface area (Å²) in [6.45, 7) is 3.77. The topological polar surface area (TPSA) is 45.6 Å². The lowest BCUT2D eigenvalue weighted by molar-refractivity contribution is -0.138. The maximum absolute atomic E-state index is 14.9. The summed E-state index contributed by atoms with van der Waals surface area (Å²) in [5.41, 5.74) is 2.74. The van der Waals surface area contributed by atoms with Crippen LogP contribution in [0.4, 0.5) is 8.78 Å². The summed E-state index contributed by atoms with van der Waals surface area (Å²) in [6.07, 6.45) is 5.37. The molecule has 2 amide bonds. The normalized spacial score (nSPS) is 16.9. The fourth-order valence-electron chi connectivity index (χ4n) is 5.53. The van der Waals surface area contributed by atoms with Crippen LogP contribution in [0.2, 0.25) is 0 Å². The summed E-state index contributed by atoms with van der Waals surface area (Å²) in [5, 5.41) is 0. The van der Waals surface area contributed by atoms with Crippen LogP contribution >= 0.6 is 0 Å². The van der Waals surface area contributed by atoms with E-state index in [1.807, 2.05) is 35.2 Å². The molecule has 7 heteroatoms. The summed E-state index contributed by atoms with van der Waals surface area (Å²) in [4.78, 5) is 30.2. The van der Waals surface area contributed by atoms with Crippen LogP contribution in [-0.2, 0) is 4.79 Å². The van der Waals surface area contributed by atoms with E-state index in [0.29, 0.717) is 43.1 Å². The Balaban J connectivity index is 1.41. The first-order valence-electron chi connectivity index (χ1n) is 12.8. The highest BCUT2D eigenvalue weighted by Crippen LogP contribution is 2.32. The minimum absolute atomic E-state index is 0.122. The second-order valence-corrected chi connectivity index (χ2v) is 9.78. The van der Waals surface area contributed by atoms with Crippen LogP contribution in [0.5, 0.6) is 0 Å². The molecule has 0 radical (unpaired) electrons. The number of piperazine rings is 1. The molecular formula is C29H31F2N3O2. The number of rotatable bonds is 4. The van der Waals surface area contributed by atoms with E-state index < -0.39 is 11.6 Å². The van der Waals surface area contributed by atoms with Gasteiger partial charge in [-0.15, -0.1) is 0 Å². The lowest BCUT2D eigenvalue weighted by Gasteiger charge is -2.37. The number of carbonyl (C=O) groups excluding carboxylic acids is 2. The molecule has 188 valence electrons. The monoisotopic (exact) mass is 491 g/mol. The van der Waals surface area contributed by atoms with Gasteiger partial charge in [-0.3, -0.25) is 9.59 Å². The van der Waals surface area contributed by atoms with Crippen molar-refractivity contribution in [3.05, 3.63) is 77.5 Å². The van der Waals surface area contributed by atoms with Crippen molar-refractivity contribution in [1.82, 2.24) is 14.4 Å². The first kappa shape index (κ1) is 24.2. The number of halogens is 2. The van der Waals surface area contributed by atoms with Gasteiger partial charge in [-0.2, -0.15) is 0 Å². The molecular weight excluding hydrogens is 460 g/mol. The molecule has 0 N–H and O–H groups in total. The number of aromatic nitrogens is 1. The lowest BCUT2D eigenvalue weighted by Crippen LogP contribution is -2.52. The van der Waals surface area contributed by atoms with Crippen molar-refractivity contribution in [2.75, 3.05) is 26.2 Å². The molecule has 2 aliphatic rings. The standard InChI is InChI=1S/C29H31F2N3O2/c1-20-24(29(36)33-16-14-32(15-17-33)28(35)22-10-6-3-7-11-22)19-27(21-8-4-2-5-9-21)34(20)26-13-12-23(30)18-25(26)31/h2,4-5,8-9,12-13,18-19,22H,3,6-7,10-11,14-17H2,1H3. The van der Waals surface area contributed by atoms with E-state index in [2.05, 4.69) is 0 Å². The van der Waals surface area contributed by atoms with E-state index in [1.54, 1.807) is 22.5 Å². The highest BCUT2D eigenvalue weighted by molar-refractivity contribution is 5.97. The first-order chi connectivity index (χ1) is 17.4. The van der Waals surface area contributed by atoms with Crippen molar-refractivity contribution < 1.29 is 18.4 Å². The highest BCUT2D eigenvalue weighted by atomic mass is 19.1. The lowest BCUT2D eigenvalue weighted by atomic mass is 9.88. The molecule has 2 fully saturated rings. The zero-order chi connectivity index (χ0) is 25.2. The molecule has 36 heavy (non-hydrogen) atoms. The van der Waals surface area contributed by atoms with E-state index in [0.717, 1.165) is 37.3 Å². The number of hydrogen-bond acceptors (Lipinski definition) is 2. The third-order valence-corrected chi connectivity index (χ3v) is 7.53. The van der Waals surface area contributed by atoms with Crippen LogP contribution in [0, 0.1) is 24.5 Å². The van der Waals surface area contributed by atoms with E-state index >= 15 is 0 Å². The van der Waals surface area contributed by atoms with E-state index in [4.69, 9.17) is 0 Å². The van der Waals surface area contributed by atoms with E-state index in [9.17, 15) is 18.4 Å². The molecule has 0 atom stereocenters. The van der Waals surface area contributed by atoms with Crippen LogP contribution < -0.4 is 0 Å². The smallest absolute Gasteiger partial charge is 0.255 e. The molecule has 2 heterocycles. The van der Waals surface area contributed by atoms with Crippen molar-refractivity contribution in [3.8, 4) is 16.9 Å². The molecule has 3 aromatic rings. The second kappa shape index (κ2) is 10.2. The molecule has 5 nitrogen and oxygen atoms in total. The Morgan fingerprint density at radius 3 is 2.17 bits per heavy atom. The Morgan fingerprint density at radius 2 is 1.50 bits per heavy atom. The van der Waals surface area contributed by atoms with Crippen LogP contribution in [0.15, 0.2) is 54.6 Å². The van der Waals surface area contributed by atoms with Gasteiger partial charge in [0.25, 0.3) is 5.91 Å². The number of amides is 2. The molecule has 1 saturated carbocycles. The van der Waals surface area contributed by atoms with Gasteiger partial charge in [-0.05, 0) is 43.5 Å². The SMILES string of the molecule is Cc1c(C(=O)N2CCN(C(=O)C3CCCCC3)CC2)cc(-c2ccccc2)n1-c1ccc(F)cc1F. The van der Waals surface area contributed by atoms with Crippen LogP contribution in [0.1, 0.15) is 48.2 Å². The molecule has 1 aromatic heterocycles. The van der Waals surface area contributed by atoms with Crippen LogP contribution in [0.3, 0.4) is 0 Å². The quantitative estimate of drug-likeness (QED) is 0.477. The Kier molecular flexibility index (Phi) is 6.90. The Hall–Kier alpha value is -3.48. The minimum atomic E-state index is -0.695. The molecule has 0 bridgehead atoms. The van der Waals surface area contributed by atoms with Crippen LogP contribution in [-0.4, -0.2) is 52.4 Å². The number of benzene rings is 2. The van der Waals surface area contributed by atoms with E-state index in [-0.39, 0.29) is 23.4 Å². The molecule has 1 saturated heterocycles. The molecule has 1 aliphatic heterocycles. The van der Waals surface area contributed by atoms with E-state index in [1.165, 1.54) is 18.6 Å². The highest BCUT2D eigenvalue weighted by Gasteiger charge is 2.31. The summed E-state index contributed by atoms with van der Waals surface area (Å²) in [6, 6.07) is 14.7. The number of hydrogen-bond donors (Lipinski definition) is 0. The average molecular weight is 492 g/mol. The summed E-state index contributed by atoms with van der Waals surface area (Å²) in [5.74, 6) is -1.15. The largest absolute Gasteiger partial charge is 0.339 e. The predicted octanol–water partition coefficient (Wildman–Crippen LogP) is 5.60. The predicted molar refractivity (Wildman–Crippen MR) is 135 cm³/mol. The summed E-state index contributed by atoms with van der Waals surface area (Å²) in [7, 11) is 0. The second-order valence-electron chi connectivity index (χ2n) is 9.78.